The van der Waals surface area contributed by atoms with Gasteiger partial charge in [-0.15, -0.1) is 0 Å². The number of benzene rings is 1. The number of halogens is 1. The Morgan fingerprint density at radius 2 is 1.87 bits per heavy atom. The van der Waals surface area contributed by atoms with Crippen molar-refractivity contribution < 1.29 is 19.4 Å². The van der Waals surface area contributed by atoms with Gasteiger partial charge in [0.1, 0.15) is 24.3 Å². The lowest BCUT2D eigenvalue weighted by Crippen LogP contribution is -2.51. The van der Waals surface area contributed by atoms with E-state index < -0.39 is 19.8 Å². The third-order valence-electron chi connectivity index (χ3n) is 8.27. The van der Waals surface area contributed by atoms with Gasteiger partial charge in [0.25, 0.3) is 0 Å². The van der Waals surface area contributed by atoms with Crippen LogP contribution in [0.1, 0.15) is 66.8 Å². The van der Waals surface area contributed by atoms with Gasteiger partial charge in [0.05, 0.1) is 23.6 Å². The number of amides is 1. The standard InChI is InChI=1S/C34H46ClN5O4Si/c1-23-37-21-29(40(23)22-43-17-18-45(5,6)7)32(41)28-19-24-9-8-12-36-30(24)31(26-11-10-25(35)20-27(26)28)38-13-15-39(16-14-38)33(42)44-34(2,3)4/h8-12,19-21,31-32,41H,13-18,22H2,1-7H3/t31-,32?/m0/s1. The van der Waals surface area contributed by atoms with E-state index in [1.165, 1.54) is 0 Å². The first-order valence-electron chi connectivity index (χ1n) is 15.7. The lowest BCUT2D eigenvalue weighted by Gasteiger charge is -2.40. The van der Waals surface area contributed by atoms with Crippen LogP contribution < -0.4 is 0 Å². The molecule has 2 aliphatic rings. The van der Waals surface area contributed by atoms with Crippen molar-refractivity contribution in [3.05, 3.63) is 81.7 Å². The Hall–Kier alpha value is -3.02. The number of fused-ring (bicyclic) bond motifs is 2. The fourth-order valence-corrected chi connectivity index (χ4v) is 6.77. The number of hydrogen-bond donors (Lipinski definition) is 1. The highest BCUT2D eigenvalue weighted by Gasteiger charge is 2.36. The van der Waals surface area contributed by atoms with E-state index >= 15 is 0 Å². The fourth-order valence-electron chi connectivity index (χ4n) is 5.84. The van der Waals surface area contributed by atoms with Gasteiger partial charge in [0.2, 0.25) is 0 Å². The molecule has 11 heteroatoms. The van der Waals surface area contributed by atoms with Gasteiger partial charge in [0, 0.05) is 52.1 Å². The third-order valence-corrected chi connectivity index (χ3v) is 10.2. The molecule has 1 saturated heterocycles. The van der Waals surface area contributed by atoms with E-state index in [0.717, 1.165) is 39.8 Å². The van der Waals surface area contributed by atoms with Gasteiger partial charge in [-0.1, -0.05) is 43.4 Å². The number of carbonyl (C=O) groups excluding carboxylic acids is 1. The molecule has 1 N–H and O–H groups in total. The Bertz CT molecular complexity index is 1550. The first-order valence-corrected chi connectivity index (χ1v) is 19.8. The second-order valence-electron chi connectivity index (χ2n) is 14.1. The van der Waals surface area contributed by atoms with Gasteiger partial charge in [-0.2, -0.15) is 0 Å². The minimum absolute atomic E-state index is 0.202. The number of carbonyl (C=O) groups is 1. The average Bonchev–Trinajstić information content (AvgIpc) is 3.26. The number of aromatic nitrogens is 3. The van der Waals surface area contributed by atoms with E-state index in [-0.39, 0.29) is 12.1 Å². The van der Waals surface area contributed by atoms with Crippen LogP contribution in [0.2, 0.25) is 30.7 Å². The molecule has 0 radical (unpaired) electrons. The van der Waals surface area contributed by atoms with Crippen molar-refractivity contribution in [3.8, 4) is 0 Å². The first-order chi connectivity index (χ1) is 21.2. The van der Waals surface area contributed by atoms with Crippen LogP contribution in [0.25, 0.3) is 11.6 Å². The number of ether oxygens (including phenoxy) is 2. The number of piperazine rings is 1. The number of pyridine rings is 1. The Balaban J connectivity index is 1.48. The molecule has 9 nitrogen and oxygen atoms in total. The molecule has 0 saturated carbocycles. The molecule has 2 atom stereocenters. The van der Waals surface area contributed by atoms with Gasteiger partial charge in [-0.3, -0.25) is 9.88 Å². The Labute approximate surface area is 272 Å². The van der Waals surface area contributed by atoms with Crippen molar-refractivity contribution in [1.29, 1.82) is 0 Å². The maximum Gasteiger partial charge on any atom is 0.410 e. The molecule has 1 unspecified atom stereocenters. The third kappa shape index (κ3) is 7.86. The summed E-state index contributed by atoms with van der Waals surface area (Å²) in [6.07, 6.45) is 4.29. The number of aliphatic hydroxyl groups is 1. The van der Waals surface area contributed by atoms with Gasteiger partial charge < -0.3 is 24.0 Å². The summed E-state index contributed by atoms with van der Waals surface area (Å²) < 4.78 is 13.7. The largest absolute Gasteiger partial charge is 0.444 e. The number of hydrogen-bond acceptors (Lipinski definition) is 7. The highest BCUT2D eigenvalue weighted by atomic mass is 35.5. The zero-order valence-corrected chi connectivity index (χ0v) is 29.3. The number of aliphatic hydroxyl groups excluding tert-OH is 1. The lowest BCUT2D eigenvalue weighted by atomic mass is 9.91. The van der Waals surface area contributed by atoms with Crippen LogP contribution in [-0.4, -0.2) is 82.0 Å². The Kier molecular flexibility index (Phi) is 9.91. The zero-order chi connectivity index (χ0) is 32.5. The van der Waals surface area contributed by atoms with Gasteiger partial charge >= 0.3 is 6.09 Å². The molecule has 1 fully saturated rings. The van der Waals surface area contributed by atoms with Gasteiger partial charge in [-0.05, 0) is 80.3 Å². The molecule has 1 aromatic carbocycles. The summed E-state index contributed by atoms with van der Waals surface area (Å²) in [5.74, 6) is 0.778. The summed E-state index contributed by atoms with van der Waals surface area (Å²) in [5, 5.41) is 12.7. The SMILES string of the molecule is Cc1ncc(C(O)C2=Cc3cccnc3[C@@H](N3CCN(C(=O)OC(C)(C)C)CC3)c3ccc(Cl)cc32)n1COCC[Si](C)(C)C. The summed E-state index contributed by atoms with van der Waals surface area (Å²) in [4.78, 5) is 26.3. The number of aryl methyl sites for hydroxylation is 1. The molecule has 5 rings (SSSR count). The molecule has 0 bridgehead atoms. The summed E-state index contributed by atoms with van der Waals surface area (Å²) in [6.45, 7) is 17.9. The van der Waals surface area contributed by atoms with E-state index in [1.807, 2.05) is 74.9 Å². The van der Waals surface area contributed by atoms with Crippen LogP contribution in [0.5, 0.6) is 0 Å². The summed E-state index contributed by atoms with van der Waals surface area (Å²) in [6, 6.07) is 10.7. The van der Waals surface area contributed by atoms with Crippen molar-refractivity contribution >= 4 is 37.4 Å². The topological polar surface area (TPSA) is 93.0 Å². The van der Waals surface area contributed by atoms with Gasteiger partial charge in [0.15, 0.2) is 0 Å². The second kappa shape index (κ2) is 13.4. The molecule has 2 aromatic heterocycles. The molecule has 242 valence electrons. The number of imidazole rings is 1. The van der Waals surface area contributed by atoms with Crippen molar-refractivity contribution in [1.82, 2.24) is 24.3 Å². The van der Waals surface area contributed by atoms with E-state index in [1.54, 1.807) is 11.1 Å². The van der Waals surface area contributed by atoms with Crippen LogP contribution >= 0.6 is 11.6 Å². The van der Waals surface area contributed by atoms with E-state index in [2.05, 4.69) is 29.5 Å². The minimum Gasteiger partial charge on any atom is -0.444 e. The number of rotatable bonds is 8. The van der Waals surface area contributed by atoms with Crippen molar-refractivity contribution in [2.75, 3.05) is 32.8 Å². The molecule has 45 heavy (non-hydrogen) atoms. The summed E-state index contributed by atoms with van der Waals surface area (Å²) in [7, 11) is -1.24. The highest BCUT2D eigenvalue weighted by molar-refractivity contribution is 6.76. The highest BCUT2D eigenvalue weighted by Crippen LogP contribution is 2.44. The predicted octanol–water partition coefficient (Wildman–Crippen LogP) is 6.78. The number of nitrogens with zero attached hydrogens (tertiary/aromatic N) is 5. The van der Waals surface area contributed by atoms with Gasteiger partial charge in [-0.25, -0.2) is 9.78 Å². The van der Waals surface area contributed by atoms with Crippen LogP contribution in [0, 0.1) is 6.92 Å². The van der Waals surface area contributed by atoms with Crippen molar-refractivity contribution in [3.63, 3.8) is 0 Å². The Morgan fingerprint density at radius 1 is 1.13 bits per heavy atom. The molecule has 0 spiro atoms. The summed E-state index contributed by atoms with van der Waals surface area (Å²) >= 11 is 6.62. The monoisotopic (exact) mass is 651 g/mol. The van der Waals surface area contributed by atoms with E-state index in [0.29, 0.717) is 50.2 Å². The smallest absolute Gasteiger partial charge is 0.410 e. The van der Waals surface area contributed by atoms with Crippen LogP contribution in [-0.2, 0) is 16.2 Å². The predicted molar refractivity (Wildman–Crippen MR) is 181 cm³/mol. The maximum atomic E-state index is 12.8. The van der Waals surface area contributed by atoms with Crippen molar-refractivity contribution in [2.45, 2.75) is 77.9 Å². The molecule has 1 amide bonds. The molecular weight excluding hydrogens is 606 g/mol. The lowest BCUT2D eigenvalue weighted by molar-refractivity contribution is 0.0118. The molecule has 3 heterocycles. The van der Waals surface area contributed by atoms with E-state index in [9.17, 15) is 9.90 Å². The van der Waals surface area contributed by atoms with Crippen LogP contribution in [0.4, 0.5) is 4.79 Å². The fraction of sp³-hybridized carbons (Fsp3) is 0.500. The normalized spacial score (nSPS) is 18.1. The summed E-state index contributed by atoms with van der Waals surface area (Å²) in [5.41, 5.74) is 4.51. The minimum atomic E-state index is -1.24. The maximum absolute atomic E-state index is 12.8. The molecule has 1 aliphatic carbocycles. The molecule has 3 aromatic rings. The Morgan fingerprint density at radius 3 is 2.56 bits per heavy atom. The molecular formula is C34H46ClN5O4Si. The quantitative estimate of drug-likeness (QED) is 0.212. The zero-order valence-electron chi connectivity index (χ0n) is 27.5. The average molecular weight is 652 g/mol. The first kappa shape index (κ1) is 33.3. The van der Waals surface area contributed by atoms with E-state index in [4.69, 9.17) is 26.1 Å². The van der Waals surface area contributed by atoms with Crippen LogP contribution in [0.3, 0.4) is 0 Å². The van der Waals surface area contributed by atoms with Crippen LogP contribution in [0.15, 0.2) is 42.7 Å². The second-order valence-corrected chi connectivity index (χ2v) is 20.2. The van der Waals surface area contributed by atoms with Crippen molar-refractivity contribution in [2.24, 2.45) is 0 Å². The molecule has 1 aliphatic heterocycles.